The molecule has 0 spiro atoms. The van der Waals surface area contributed by atoms with Gasteiger partial charge in [0.05, 0.1) is 5.56 Å². The third-order valence-electron chi connectivity index (χ3n) is 5.06. The second kappa shape index (κ2) is 8.03. The Hall–Kier alpha value is -0.990. The van der Waals surface area contributed by atoms with Crippen molar-refractivity contribution in [1.29, 1.82) is 0 Å². The van der Waals surface area contributed by atoms with Gasteiger partial charge < -0.3 is 0 Å². The molecule has 0 saturated carbocycles. The highest BCUT2D eigenvalue weighted by Gasteiger charge is 2.31. The lowest BCUT2D eigenvalue weighted by atomic mass is 9.79. The van der Waals surface area contributed by atoms with Gasteiger partial charge in [-0.3, -0.25) is 0 Å². The van der Waals surface area contributed by atoms with Crippen LogP contribution in [-0.2, 0) is 6.18 Å². The van der Waals surface area contributed by atoms with Crippen molar-refractivity contribution in [3.8, 4) is 0 Å². The van der Waals surface area contributed by atoms with Crippen LogP contribution >= 0.6 is 0 Å². The maximum Gasteiger partial charge on any atom is 0.416 e. The van der Waals surface area contributed by atoms with E-state index in [0.717, 1.165) is 36.8 Å². The van der Waals surface area contributed by atoms with E-state index in [-0.39, 0.29) is 5.92 Å². The largest absolute Gasteiger partial charge is 0.416 e. The average molecular weight is 314 g/mol. The van der Waals surface area contributed by atoms with Gasteiger partial charge in [0.2, 0.25) is 0 Å². The van der Waals surface area contributed by atoms with Crippen molar-refractivity contribution in [3.63, 3.8) is 0 Å². The minimum Gasteiger partial charge on any atom is -0.166 e. The first-order chi connectivity index (χ1) is 10.2. The normalized spacial score (nSPS) is 16.4. The van der Waals surface area contributed by atoms with Crippen molar-refractivity contribution in [2.24, 2.45) is 11.8 Å². The summed E-state index contributed by atoms with van der Waals surface area (Å²) in [6.07, 6.45) is 0.140. The molecule has 22 heavy (non-hydrogen) atoms. The van der Waals surface area contributed by atoms with Gasteiger partial charge in [-0.2, -0.15) is 13.2 Å². The third-order valence-corrected chi connectivity index (χ3v) is 5.06. The number of rotatable bonds is 7. The summed E-state index contributed by atoms with van der Waals surface area (Å²) in [5.74, 6) is 1.29. The van der Waals surface area contributed by atoms with Gasteiger partial charge in [0.15, 0.2) is 0 Å². The zero-order valence-corrected chi connectivity index (χ0v) is 14.4. The number of halogens is 3. The molecule has 3 atom stereocenters. The lowest BCUT2D eigenvalue weighted by molar-refractivity contribution is -0.137. The Morgan fingerprint density at radius 3 is 2.14 bits per heavy atom. The number of hydrogen-bond donors (Lipinski definition) is 0. The molecule has 0 radical (unpaired) electrons. The molecule has 3 unspecified atom stereocenters. The molecule has 0 saturated heterocycles. The summed E-state index contributed by atoms with van der Waals surface area (Å²) < 4.78 is 38.8. The van der Waals surface area contributed by atoms with Gasteiger partial charge in [0.1, 0.15) is 0 Å². The minimum atomic E-state index is -4.26. The topological polar surface area (TPSA) is 0 Å². The van der Waals surface area contributed by atoms with E-state index in [1.54, 1.807) is 6.07 Å². The Balaban J connectivity index is 2.96. The fraction of sp³-hybridized carbons (Fsp3) is 0.684. The van der Waals surface area contributed by atoms with Crippen LogP contribution < -0.4 is 0 Å². The first-order valence-electron chi connectivity index (χ1n) is 8.38. The van der Waals surface area contributed by atoms with Gasteiger partial charge in [-0.25, -0.2) is 0 Å². The molecule has 0 bridgehead atoms. The van der Waals surface area contributed by atoms with E-state index < -0.39 is 11.7 Å². The van der Waals surface area contributed by atoms with E-state index >= 15 is 0 Å². The van der Waals surface area contributed by atoms with Crippen LogP contribution in [0.1, 0.15) is 76.0 Å². The summed E-state index contributed by atoms with van der Waals surface area (Å²) in [4.78, 5) is 0. The van der Waals surface area contributed by atoms with Gasteiger partial charge in [-0.05, 0) is 54.4 Å². The van der Waals surface area contributed by atoms with Crippen molar-refractivity contribution in [1.82, 2.24) is 0 Å². The molecular weight excluding hydrogens is 285 g/mol. The third kappa shape index (κ3) is 5.03. The second-order valence-electron chi connectivity index (χ2n) is 6.62. The predicted octanol–water partition coefficient (Wildman–Crippen LogP) is 6.97. The van der Waals surface area contributed by atoms with Crippen LogP contribution in [0.5, 0.6) is 0 Å². The molecule has 0 fully saturated rings. The van der Waals surface area contributed by atoms with Gasteiger partial charge in [-0.1, -0.05) is 53.0 Å². The van der Waals surface area contributed by atoms with Crippen LogP contribution in [0.3, 0.4) is 0 Å². The molecule has 0 aliphatic rings. The number of alkyl halides is 3. The molecule has 126 valence electrons. The Morgan fingerprint density at radius 2 is 1.64 bits per heavy atom. The molecule has 0 aliphatic heterocycles. The fourth-order valence-electron chi connectivity index (χ4n) is 3.07. The maximum atomic E-state index is 12.9. The standard InChI is InChI=1S/C19H29F3/c1-6-13(3)8-10-16(7-2)15(5)18-12-17(19(20,21)22)11-9-14(18)4/h9,11-13,15-16H,6-8,10H2,1-5H3. The van der Waals surface area contributed by atoms with Gasteiger partial charge in [-0.15, -0.1) is 0 Å². The smallest absolute Gasteiger partial charge is 0.166 e. The van der Waals surface area contributed by atoms with Crippen molar-refractivity contribution in [2.45, 2.75) is 72.4 Å². The van der Waals surface area contributed by atoms with Crippen LogP contribution in [-0.4, -0.2) is 0 Å². The van der Waals surface area contributed by atoms with Crippen molar-refractivity contribution >= 4 is 0 Å². The van der Waals surface area contributed by atoms with Gasteiger partial charge in [0.25, 0.3) is 0 Å². The maximum absolute atomic E-state index is 12.9. The number of aryl methyl sites for hydroxylation is 1. The van der Waals surface area contributed by atoms with Crippen molar-refractivity contribution < 1.29 is 13.2 Å². The number of benzene rings is 1. The lowest BCUT2D eigenvalue weighted by Gasteiger charge is -2.26. The summed E-state index contributed by atoms with van der Waals surface area (Å²) in [7, 11) is 0. The molecule has 0 heterocycles. The highest BCUT2D eigenvalue weighted by Crippen LogP contribution is 2.37. The van der Waals surface area contributed by atoms with Crippen LogP contribution in [0.4, 0.5) is 13.2 Å². The molecule has 1 aromatic rings. The fourth-order valence-corrected chi connectivity index (χ4v) is 3.07. The Labute approximate surface area is 133 Å². The molecule has 1 aromatic carbocycles. The zero-order valence-electron chi connectivity index (χ0n) is 14.4. The first kappa shape index (κ1) is 19.1. The lowest BCUT2D eigenvalue weighted by Crippen LogP contribution is -2.14. The van der Waals surface area contributed by atoms with E-state index in [1.807, 2.05) is 6.92 Å². The average Bonchev–Trinajstić information content (AvgIpc) is 2.46. The summed E-state index contributed by atoms with van der Waals surface area (Å²) in [6, 6.07) is 4.15. The quantitative estimate of drug-likeness (QED) is 0.510. The molecule has 1 rings (SSSR count). The van der Waals surface area contributed by atoms with Crippen LogP contribution in [0, 0.1) is 18.8 Å². The van der Waals surface area contributed by atoms with E-state index in [9.17, 15) is 13.2 Å². The highest BCUT2D eigenvalue weighted by atomic mass is 19.4. The summed E-state index contributed by atoms with van der Waals surface area (Å²) in [5, 5.41) is 0. The van der Waals surface area contributed by atoms with Crippen LogP contribution in [0.15, 0.2) is 18.2 Å². The summed E-state index contributed by atoms with van der Waals surface area (Å²) >= 11 is 0. The second-order valence-corrected chi connectivity index (χ2v) is 6.62. The Bertz CT molecular complexity index is 462. The van der Waals surface area contributed by atoms with Crippen molar-refractivity contribution in [3.05, 3.63) is 34.9 Å². The Kier molecular flexibility index (Phi) is 6.96. The molecule has 0 aromatic heterocycles. The molecule has 3 heteroatoms. The SMILES string of the molecule is CCC(C)CCC(CC)C(C)c1cc(C(F)(F)F)ccc1C. The van der Waals surface area contributed by atoms with E-state index in [0.29, 0.717) is 11.8 Å². The minimum absolute atomic E-state index is 0.163. The highest BCUT2D eigenvalue weighted by molar-refractivity contribution is 5.35. The van der Waals surface area contributed by atoms with Crippen LogP contribution in [0.25, 0.3) is 0 Å². The molecule has 0 aliphatic carbocycles. The number of hydrogen-bond acceptors (Lipinski definition) is 0. The summed E-state index contributed by atoms with van der Waals surface area (Å²) in [6.45, 7) is 10.6. The molecular formula is C19H29F3. The van der Waals surface area contributed by atoms with Crippen molar-refractivity contribution in [2.75, 3.05) is 0 Å². The molecule has 0 N–H and O–H groups in total. The van der Waals surface area contributed by atoms with Crippen LogP contribution in [0.2, 0.25) is 0 Å². The van der Waals surface area contributed by atoms with E-state index in [4.69, 9.17) is 0 Å². The predicted molar refractivity (Wildman–Crippen MR) is 87.1 cm³/mol. The van der Waals surface area contributed by atoms with Gasteiger partial charge in [0, 0.05) is 0 Å². The van der Waals surface area contributed by atoms with Gasteiger partial charge >= 0.3 is 6.18 Å². The summed E-state index contributed by atoms with van der Waals surface area (Å²) in [5.41, 5.74) is 1.28. The van der Waals surface area contributed by atoms with E-state index in [2.05, 4.69) is 27.7 Å². The van der Waals surface area contributed by atoms with E-state index in [1.165, 1.54) is 12.1 Å². The molecule has 0 nitrogen and oxygen atoms in total. The zero-order chi connectivity index (χ0) is 16.9. The Morgan fingerprint density at radius 1 is 1.00 bits per heavy atom. The monoisotopic (exact) mass is 314 g/mol. The molecule has 0 amide bonds. The first-order valence-corrected chi connectivity index (χ1v) is 8.38.